The van der Waals surface area contributed by atoms with E-state index < -0.39 is 17.4 Å². The molecule has 23 heavy (non-hydrogen) atoms. The van der Waals surface area contributed by atoms with Crippen LogP contribution in [-0.4, -0.2) is 23.9 Å². The number of ketones is 1. The second kappa shape index (κ2) is 4.67. The predicted molar refractivity (Wildman–Crippen MR) is 83.5 cm³/mol. The predicted octanol–water partition coefficient (Wildman–Crippen LogP) is 1.89. The van der Waals surface area contributed by atoms with E-state index in [1.807, 2.05) is 0 Å². The molecule has 0 saturated heterocycles. The van der Waals surface area contributed by atoms with Crippen LogP contribution in [0.2, 0.25) is 0 Å². The van der Waals surface area contributed by atoms with Crippen molar-refractivity contribution in [1.29, 1.82) is 0 Å². The van der Waals surface area contributed by atoms with E-state index >= 15 is 0 Å². The second-order valence-electron chi connectivity index (χ2n) is 5.91. The molecule has 1 heterocycles. The lowest BCUT2D eigenvalue weighted by molar-refractivity contribution is -0.137. The maximum absolute atomic E-state index is 12.8. The molecule has 0 aromatic heterocycles. The highest BCUT2D eigenvalue weighted by molar-refractivity contribution is 6.12. The Morgan fingerprint density at radius 3 is 2.78 bits per heavy atom. The summed E-state index contributed by atoms with van der Waals surface area (Å²) in [6.45, 7) is 0. The summed E-state index contributed by atoms with van der Waals surface area (Å²) in [4.78, 5) is 25.2. The molecule has 2 aromatic carbocycles. The van der Waals surface area contributed by atoms with Crippen molar-refractivity contribution in [2.45, 2.75) is 12.0 Å². The van der Waals surface area contributed by atoms with Crippen LogP contribution in [0.15, 0.2) is 42.5 Å². The second-order valence-corrected chi connectivity index (χ2v) is 5.91. The first-order valence-corrected chi connectivity index (χ1v) is 7.40. The van der Waals surface area contributed by atoms with Gasteiger partial charge in [0.25, 0.3) is 5.91 Å². The third-order valence-electron chi connectivity index (χ3n) is 4.75. The molecule has 1 aliphatic carbocycles. The monoisotopic (exact) mass is 309 g/mol. The summed E-state index contributed by atoms with van der Waals surface area (Å²) >= 11 is 0. The summed E-state index contributed by atoms with van der Waals surface area (Å²) < 4.78 is 5.18. The summed E-state index contributed by atoms with van der Waals surface area (Å²) in [5.41, 5.74) is 0.524. The molecule has 1 aliphatic heterocycles. The number of benzene rings is 2. The van der Waals surface area contributed by atoms with Gasteiger partial charge in [0.2, 0.25) is 0 Å². The number of Topliss-reactive ketones (excluding diaryl/α,β-unsaturated/α-hetero) is 1. The topological polar surface area (TPSA) is 75.6 Å². The molecule has 5 nitrogen and oxygen atoms in total. The highest BCUT2D eigenvalue weighted by atomic mass is 16.5. The molecule has 2 atom stereocenters. The van der Waals surface area contributed by atoms with Crippen molar-refractivity contribution in [3.8, 4) is 5.75 Å². The fourth-order valence-electron chi connectivity index (χ4n) is 3.55. The summed E-state index contributed by atoms with van der Waals surface area (Å²) in [6, 6.07) is 12.1. The van der Waals surface area contributed by atoms with Crippen LogP contribution in [0.1, 0.15) is 21.5 Å². The van der Waals surface area contributed by atoms with Crippen LogP contribution in [0.5, 0.6) is 5.75 Å². The van der Waals surface area contributed by atoms with Gasteiger partial charge in [0.1, 0.15) is 5.75 Å². The molecule has 0 spiro atoms. The minimum Gasteiger partial charge on any atom is -0.497 e. The Balaban J connectivity index is 1.80. The Morgan fingerprint density at radius 2 is 2.00 bits per heavy atom. The van der Waals surface area contributed by atoms with Gasteiger partial charge < -0.3 is 15.2 Å². The normalized spacial score (nSPS) is 25.0. The zero-order chi connectivity index (χ0) is 16.2. The van der Waals surface area contributed by atoms with Crippen molar-refractivity contribution < 1.29 is 19.4 Å². The molecule has 4 rings (SSSR count). The summed E-state index contributed by atoms with van der Waals surface area (Å²) in [6.07, 6.45) is 0.309. The van der Waals surface area contributed by atoms with Crippen molar-refractivity contribution >= 4 is 17.4 Å². The fourth-order valence-corrected chi connectivity index (χ4v) is 3.55. The lowest BCUT2D eigenvalue weighted by atomic mass is 9.80. The number of hydrogen-bond donors (Lipinski definition) is 2. The van der Waals surface area contributed by atoms with Gasteiger partial charge in [-0.25, -0.2) is 0 Å². The van der Waals surface area contributed by atoms with Crippen LogP contribution >= 0.6 is 0 Å². The average Bonchev–Trinajstić information content (AvgIpc) is 3.03. The molecule has 2 N–H and O–H groups in total. The molecule has 0 radical (unpaired) electrons. The first kappa shape index (κ1) is 14.0. The molecular weight excluding hydrogens is 294 g/mol. The van der Waals surface area contributed by atoms with Crippen molar-refractivity contribution in [3.05, 3.63) is 59.2 Å². The lowest BCUT2D eigenvalue weighted by Crippen LogP contribution is -2.44. The van der Waals surface area contributed by atoms with Crippen molar-refractivity contribution in [1.82, 2.24) is 0 Å². The van der Waals surface area contributed by atoms with Crippen molar-refractivity contribution in [2.75, 3.05) is 12.4 Å². The van der Waals surface area contributed by atoms with Crippen LogP contribution in [0.4, 0.5) is 5.69 Å². The molecule has 0 fully saturated rings. The third kappa shape index (κ3) is 1.77. The lowest BCUT2D eigenvalue weighted by Gasteiger charge is -2.26. The maximum atomic E-state index is 12.8. The molecule has 0 saturated carbocycles. The summed E-state index contributed by atoms with van der Waals surface area (Å²) in [5.74, 6) is -0.928. The number of rotatable bonds is 2. The Hall–Kier alpha value is -2.66. The van der Waals surface area contributed by atoms with Gasteiger partial charge in [-0.1, -0.05) is 18.2 Å². The highest BCUT2D eigenvalue weighted by Gasteiger charge is 2.55. The van der Waals surface area contributed by atoms with E-state index in [2.05, 4.69) is 5.32 Å². The molecule has 2 aromatic rings. The number of para-hydroxylation sites is 1. The minimum atomic E-state index is -1.83. The number of ether oxygens (including phenoxy) is 1. The van der Waals surface area contributed by atoms with Crippen molar-refractivity contribution in [3.63, 3.8) is 0 Å². The Labute approximate surface area is 132 Å². The molecule has 116 valence electrons. The standard InChI is InChI=1S/C18H15NO4/c1-23-11-6-7-12-10(8-11)9-14(16(12)20)18(22)13-4-2-3-5-15(13)19-17(18)21/h2-8,14,22H,9H2,1H3,(H,19,21)/t14-,18+/m1/s1. The van der Waals surface area contributed by atoms with Crippen LogP contribution in [0.3, 0.4) is 0 Å². The number of hydrogen-bond acceptors (Lipinski definition) is 4. The number of amides is 1. The molecule has 0 bridgehead atoms. The van der Waals surface area contributed by atoms with E-state index in [9.17, 15) is 14.7 Å². The number of carbonyl (C=O) groups excluding carboxylic acids is 2. The first-order valence-electron chi connectivity index (χ1n) is 7.40. The smallest absolute Gasteiger partial charge is 0.261 e. The number of anilines is 1. The first-order chi connectivity index (χ1) is 11.1. The van der Waals surface area contributed by atoms with E-state index in [1.54, 1.807) is 49.6 Å². The van der Waals surface area contributed by atoms with Crippen LogP contribution in [0, 0.1) is 5.92 Å². The molecule has 0 unspecified atom stereocenters. The van der Waals surface area contributed by atoms with E-state index in [0.717, 1.165) is 5.56 Å². The molecule has 2 aliphatic rings. The van der Waals surface area contributed by atoms with Crippen LogP contribution in [0.25, 0.3) is 0 Å². The van der Waals surface area contributed by atoms with Gasteiger partial charge >= 0.3 is 0 Å². The van der Waals surface area contributed by atoms with Crippen molar-refractivity contribution in [2.24, 2.45) is 5.92 Å². The highest BCUT2D eigenvalue weighted by Crippen LogP contribution is 2.46. The Kier molecular flexibility index (Phi) is 2.83. The molecule has 1 amide bonds. The van der Waals surface area contributed by atoms with Gasteiger partial charge in [-0.15, -0.1) is 0 Å². The fraction of sp³-hybridized carbons (Fsp3) is 0.222. The van der Waals surface area contributed by atoms with Crippen LogP contribution < -0.4 is 10.1 Å². The summed E-state index contributed by atoms with van der Waals surface area (Å²) in [7, 11) is 1.56. The zero-order valence-electron chi connectivity index (χ0n) is 12.5. The van der Waals surface area contributed by atoms with Gasteiger partial charge in [0.15, 0.2) is 11.4 Å². The largest absolute Gasteiger partial charge is 0.497 e. The maximum Gasteiger partial charge on any atom is 0.261 e. The van der Waals surface area contributed by atoms with E-state index in [-0.39, 0.29) is 5.78 Å². The zero-order valence-corrected chi connectivity index (χ0v) is 12.5. The van der Waals surface area contributed by atoms with Gasteiger partial charge in [0.05, 0.1) is 13.0 Å². The SMILES string of the molecule is COc1ccc2c(c1)C[C@@H]([C@]1(O)C(=O)Nc3ccccc31)C2=O. The number of carbonyl (C=O) groups is 2. The van der Waals surface area contributed by atoms with E-state index in [0.29, 0.717) is 29.0 Å². The number of methoxy groups -OCH3 is 1. The molecular formula is C18H15NO4. The van der Waals surface area contributed by atoms with E-state index in [1.165, 1.54) is 0 Å². The van der Waals surface area contributed by atoms with Gasteiger partial charge in [-0.2, -0.15) is 0 Å². The minimum absolute atomic E-state index is 0.211. The van der Waals surface area contributed by atoms with Gasteiger partial charge in [0, 0.05) is 16.8 Å². The van der Waals surface area contributed by atoms with Gasteiger partial charge in [-0.05, 0) is 36.2 Å². The Morgan fingerprint density at radius 1 is 1.22 bits per heavy atom. The average molecular weight is 309 g/mol. The quantitative estimate of drug-likeness (QED) is 0.888. The summed E-state index contributed by atoms with van der Waals surface area (Å²) in [5, 5.41) is 13.8. The number of nitrogens with one attached hydrogen (secondary N) is 1. The third-order valence-corrected chi connectivity index (χ3v) is 4.75. The van der Waals surface area contributed by atoms with E-state index in [4.69, 9.17) is 4.74 Å². The number of fused-ring (bicyclic) bond motifs is 2. The Bertz CT molecular complexity index is 845. The number of aliphatic hydroxyl groups is 1. The van der Waals surface area contributed by atoms with Crippen LogP contribution in [-0.2, 0) is 16.8 Å². The van der Waals surface area contributed by atoms with Gasteiger partial charge in [-0.3, -0.25) is 9.59 Å². The molecule has 5 heteroatoms.